The van der Waals surface area contributed by atoms with E-state index in [1.807, 2.05) is 0 Å². The van der Waals surface area contributed by atoms with E-state index in [0.717, 1.165) is 4.47 Å². The number of anilines is 1. The molecule has 0 aliphatic heterocycles. The topological polar surface area (TPSA) is 62.5 Å². The van der Waals surface area contributed by atoms with Gasteiger partial charge in [0.25, 0.3) is 5.91 Å². The summed E-state index contributed by atoms with van der Waals surface area (Å²) in [5.41, 5.74) is 0.863. The van der Waals surface area contributed by atoms with Crippen LogP contribution < -0.4 is 4.90 Å². The van der Waals surface area contributed by atoms with Crippen LogP contribution in [0, 0.1) is 0 Å². The van der Waals surface area contributed by atoms with Gasteiger partial charge in [0.15, 0.2) is 0 Å². The summed E-state index contributed by atoms with van der Waals surface area (Å²) < 4.78 is 2.39. The normalized spacial score (nSPS) is 10.4. The largest absolute Gasteiger partial charge is 0.480 e. The number of carbonyl (C=O) groups excluding carboxylic acids is 1. The lowest BCUT2D eigenvalue weighted by Crippen LogP contribution is -2.36. The SMILES string of the molecule is Cn1cc(Br)cc1C(=O)N(CC(=O)O)c1ccc(Cl)cc1. The molecule has 0 unspecified atom stereocenters. The molecule has 1 amide bonds. The predicted octanol–water partition coefficient (Wildman–Crippen LogP) is 3.17. The number of amides is 1. The second-order valence-corrected chi connectivity index (χ2v) is 5.77. The number of benzene rings is 1. The predicted molar refractivity (Wildman–Crippen MR) is 83.9 cm³/mol. The summed E-state index contributed by atoms with van der Waals surface area (Å²) in [7, 11) is 1.72. The molecule has 2 rings (SSSR count). The summed E-state index contributed by atoms with van der Waals surface area (Å²) in [5, 5.41) is 9.55. The lowest BCUT2D eigenvalue weighted by Gasteiger charge is -2.21. The Kier molecular flexibility index (Phi) is 4.69. The highest BCUT2D eigenvalue weighted by Gasteiger charge is 2.22. The third-order valence-electron chi connectivity index (χ3n) is 2.87. The van der Waals surface area contributed by atoms with Crippen molar-refractivity contribution in [2.75, 3.05) is 11.4 Å². The Morgan fingerprint density at radius 3 is 2.43 bits per heavy atom. The molecule has 0 bridgehead atoms. The monoisotopic (exact) mass is 370 g/mol. The molecular weight excluding hydrogens is 360 g/mol. The van der Waals surface area contributed by atoms with Gasteiger partial charge in [-0.1, -0.05) is 11.6 Å². The number of hydrogen-bond donors (Lipinski definition) is 1. The number of nitrogens with zero attached hydrogens (tertiary/aromatic N) is 2. The second kappa shape index (κ2) is 6.32. The van der Waals surface area contributed by atoms with Gasteiger partial charge in [0.1, 0.15) is 12.2 Å². The number of aliphatic carboxylic acids is 1. The van der Waals surface area contributed by atoms with Crippen LogP contribution in [-0.4, -0.2) is 28.1 Å². The molecule has 0 atom stereocenters. The van der Waals surface area contributed by atoms with Gasteiger partial charge in [-0.05, 0) is 46.3 Å². The molecule has 0 aliphatic carbocycles. The highest BCUT2D eigenvalue weighted by Crippen LogP contribution is 2.22. The molecule has 0 spiro atoms. The van der Waals surface area contributed by atoms with Crippen molar-refractivity contribution < 1.29 is 14.7 Å². The molecule has 1 heterocycles. The molecule has 0 aliphatic rings. The number of halogens is 2. The van der Waals surface area contributed by atoms with Crippen LogP contribution in [0.15, 0.2) is 41.0 Å². The van der Waals surface area contributed by atoms with Gasteiger partial charge in [0.2, 0.25) is 0 Å². The quantitative estimate of drug-likeness (QED) is 0.898. The van der Waals surface area contributed by atoms with E-state index >= 15 is 0 Å². The van der Waals surface area contributed by atoms with Gasteiger partial charge in [0.05, 0.1) is 0 Å². The summed E-state index contributed by atoms with van der Waals surface area (Å²) in [6.07, 6.45) is 1.73. The Balaban J connectivity index is 2.40. The summed E-state index contributed by atoms with van der Waals surface area (Å²) in [4.78, 5) is 24.8. The average molecular weight is 372 g/mol. The first kappa shape index (κ1) is 15.6. The van der Waals surface area contributed by atoms with Crippen LogP contribution in [0.2, 0.25) is 5.02 Å². The minimum atomic E-state index is -1.09. The van der Waals surface area contributed by atoms with E-state index in [-0.39, 0.29) is 0 Å². The fourth-order valence-electron chi connectivity index (χ4n) is 1.91. The van der Waals surface area contributed by atoms with Crippen LogP contribution in [0.1, 0.15) is 10.5 Å². The molecule has 1 aromatic heterocycles. The van der Waals surface area contributed by atoms with Gasteiger partial charge in [-0.25, -0.2) is 0 Å². The molecule has 0 saturated heterocycles. The van der Waals surface area contributed by atoms with Crippen molar-refractivity contribution in [2.24, 2.45) is 7.05 Å². The molecule has 110 valence electrons. The Morgan fingerprint density at radius 1 is 1.33 bits per heavy atom. The molecule has 0 saturated carbocycles. The van der Waals surface area contributed by atoms with Crippen LogP contribution in [-0.2, 0) is 11.8 Å². The number of aromatic nitrogens is 1. The summed E-state index contributed by atoms with van der Waals surface area (Å²) in [6, 6.07) is 8.09. The zero-order valence-corrected chi connectivity index (χ0v) is 13.4. The molecule has 1 aromatic carbocycles. The highest BCUT2D eigenvalue weighted by molar-refractivity contribution is 9.10. The molecule has 0 radical (unpaired) electrons. The molecule has 0 fully saturated rings. The lowest BCUT2D eigenvalue weighted by molar-refractivity contribution is -0.135. The number of carboxylic acid groups (broad SMARTS) is 1. The third kappa shape index (κ3) is 3.65. The molecular formula is C14H12BrClN2O3. The van der Waals surface area contributed by atoms with E-state index in [1.54, 1.807) is 48.1 Å². The summed E-state index contributed by atoms with van der Waals surface area (Å²) in [6.45, 7) is -0.427. The van der Waals surface area contributed by atoms with Gasteiger partial charge in [0, 0.05) is 28.4 Å². The lowest BCUT2D eigenvalue weighted by atomic mass is 10.2. The van der Waals surface area contributed by atoms with Crippen molar-refractivity contribution in [3.8, 4) is 0 Å². The molecule has 5 nitrogen and oxygen atoms in total. The number of hydrogen-bond acceptors (Lipinski definition) is 2. The maximum atomic E-state index is 12.6. The van der Waals surface area contributed by atoms with E-state index < -0.39 is 18.4 Å². The van der Waals surface area contributed by atoms with Crippen LogP contribution in [0.5, 0.6) is 0 Å². The first-order valence-electron chi connectivity index (χ1n) is 5.99. The number of rotatable bonds is 4. The Labute approximate surface area is 134 Å². The first-order valence-corrected chi connectivity index (χ1v) is 7.16. The van der Waals surface area contributed by atoms with Crippen LogP contribution in [0.3, 0.4) is 0 Å². The van der Waals surface area contributed by atoms with E-state index in [9.17, 15) is 9.59 Å². The van der Waals surface area contributed by atoms with Gasteiger partial charge in [-0.15, -0.1) is 0 Å². The van der Waals surface area contributed by atoms with Crippen LogP contribution in [0.25, 0.3) is 0 Å². The molecule has 7 heteroatoms. The first-order chi connectivity index (χ1) is 9.88. The van der Waals surface area contributed by atoms with E-state index in [2.05, 4.69) is 15.9 Å². The zero-order valence-electron chi connectivity index (χ0n) is 11.1. The Hall–Kier alpha value is -1.79. The van der Waals surface area contributed by atoms with E-state index in [4.69, 9.17) is 16.7 Å². The Bertz CT molecular complexity index is 682. The fraction of sp³-hybridized carbons (Fsp3) is 0.143. The van der Waals surface area contributed by atoms with Gasteiger partial charge in [-0.3, -0.25) is 14.5 Å². The maximum absolute atomic E-state index is 12.6. The molecule has 1 N–H and O–H groups in total. The smallest absolute Gasteiger partial charge is 0.323 e. The third-order valence-corrected chi connectivity index (χ3v) is 3.55. The van der Waals surface area contributed by atoms with Crippen molar-refractivity contribution in [2.45, 2.75) is 0 Å². The summed E-state index contributed by atoms with van der Waals surface area (Å²) >= 11 is 9.11. The maximum Gasteiger partial charge on any atom is 0.323 e. The van der Waals surface area contributed by atoms with Gasteiger partial charge in [-0.2, -0.15) is 0 Å². The summed E-state index contributed by atoms with van der Waals surface area (Å²) in [5.74, 6) is -1.49. The van der Waals surface area contributed by atoms with Gasteiger partial charge >= 0.3 is 5.97 Å². The average Bonchev–Trinajstić information content (AvgIpc) is 2.75. The number of carboxylic acids is 1. The van der Waals surface area contributed by atoms with Crippen molar-refractivity contribution in [3.05, 3.63) is 51.7 Å². The number of carbonyl (C=O) groups is 2. The second-order valence-electron chi connectivity index (χ2n) is 4.42. The fourth-order valence-corrected chi connectivity index (χ4v) is 2.56. The van der Waals surface area contributed by atoms with Crippen molar-refractivity contribution in [1.29, 1.82) is 0 Å². The highest BCUT2D eigenvalue weighted by atomic mass is 79.9. The van der Waals surface area contributed by atoms with E-state index in [0.29, 0.717) is 16.4 Å². The molecule has 21 heavy (non-hydrogen) atoms. The number of aryl methyl sites for hydroxylation is 1. The minimum absolute atomic E-state index is 0.387. The van der Waals surface area contributed by atoms with Gasteiger partial charge < -0.3 is 9.67 Å². The van der Waals surface area contributed by atoms with Crippen molar-refractivity contribution in [1.82, 2.24) is 4.57 Å². The zero-order chi connectivity index (χ0) is 15.6. The standard InChI is InChI=1S/C14H12BrClN2O3/c1-17-7-9(15)6-12(17)14(21)18(8-13(19)20)11-4-2-10(16)3-5-11/h2-7H,8H2,1H3,(H,19,20). The van der Waals surface area contributed by atoms with Crippen molar-refractivity contribution in [3.63, 3.8) is 0 Å². The van der Waals surface area contributed by atoms with Crippen LogP contribution in [0.4, 0.5) is 5.69 Å². The molecule has 2 aromatic rings. The van der Waals surface area contributed by atoms with E-state index in [1.165, 1.54) is 4.90 Å². The Morgan fingerprint density at radius 2 is 1.95 bits per heavy atom. The van der Waals surface area contributed by atoms with Crippen molar-refractivity contribution >= 4 is 45.1 Å². The minimum Gasteiger partial charge on any atom is -0.480 e. The van der Waals surface area contributed by atoms with Crippen LogP contribution >= 0.6 is 27.5 Å².